The van der Waals surface area contributed by atoms with Gasteiger partial charge in [-0.2, -0.15) is 0 Å². The number of hydrogen-bond acceptors (Lipinski definition) is 4. The Balaban J connectivity index is 1.71. The molecule has 1 aliphatic heterocycles. The van der Waals surface area contributed by atoms with Crippen molar-refractivity contribution in [2.75, 3.05) is 37.2 Å². The summed E-state index contributed by atoms with van der Waals surface area (Å²) >= 11 is 0. The Hall–Kier alpha value is -1.42. The molecule has 4 heteroatoms. The van der Waals surface area contributed by atoms with Crippen molar-refractivity contribution < 1.29 is 9.47 Å². The monoisotopic (exact) mass is 276 g/mol. The second-order valence-electron chi connectivity index (χ2n) is 5.62. The Morgan fingerprint density at radius 3 is 2.85 bits per heavy atom. The molecule has 1 saturated carbocycles. The highest BCUT2D eigenvalue weighted by Crippen LogP contribution is 2.38. The summed E-state index contributed by atoms with van der Waals surface area (Å²) in [6.45, 7) is 2.16. The average Bonchev–Trinajstić information content (AvgIpc) is 2.91. The van der Waals surface area contributed by atoms with Gasteiger partial charge >= 0.3 is 0 Å². The lowest BCUT2D eigenvalue weighted by molar-refractivity contribution is 0.146. The Morgan fingerprint density at radius 1 is 1.20 bits per heavy atom. The van der Waals surface area contributed by atoms with Crippen LogP contribution in [0.3, 0.4) is 0 Å². The topological polar surface area (TPSA) is 33.7 Å². The largest absolute Gasteiger partial charge is 0.491 e. The summed E-state index contributed by atoms with van der Waals surface area (Å²) in [5.41, 5.74) is 2.53. The Morgan fingerprint density at radius 2 is 2.05 bits per heavy atom. The standard InChI is InChI=1S/C16H24N2O2/c1-19-9-10-20-14-7-8-15-16(11-14)18(12-17-15)13-5-3-2-4-6-13/h7-8,11,13,17H,2-6,9-10,12H2,1H3. The molecule has 0 bridgehead atoms. The first-order chi connectivity index (χ1) is 9.88. The van der Waals surface area contributed by atoms with Crippen molar-refractivity contribution in [2.45, 2.75) is 38.1 Å². The van der Waals surface area contributed by atoms with Gasteiger partial charge in [-0.25, -0.2) is 0 Å². The van der Waals surface area contributed by atoms with Crippen LogP contribution in [0.5, 0.6) is 5.75 Å². The molecule has 3 rings (SSSR count). The summed E-state index contributed by atoms with van der Waals surface area (Å²) in [4.78, 5) is 2.51. The Labute approximate surface area is 121 Å². The van der Waals surface area contributed by atoms with E-state index >= 15 is 0 Å². The highest BCUT2D eigenvalue weighted by atomic mass is 16.5. The van der Waals surface area contributed by atoms with Gasteiger partial charge in [0.1, 0.15) is 12.4 Å². The number of methoxy groups -OCH3 is 1. The second kappa shape index (κ2) is 6.35. The number of rotatable bonds is 5. The van der Waals surface area contributed by atoms with Crippen LogP contribution in [0.15, 0.2) is 18.2 Å². The van der Waals surface area contributed by atoms with Crippen LogP contribution < -0.4 is 15.0 Å². The molecular formula is C16H24N2O2. The van der Waals surface area contributed by atoms with E-state index in [0.717, 1.165) is 12.4 Å². The van der Waals surface area contributed by atoms with Gasteiger partial charge in [-0.15, -0.1) is 0 Å². The lowest BCUT2D eigenvalue weighted by atomic mass is 9.94. The summed E-state index contributed by atoms with van der Waals surface area (Å²) in [6, 6.07) is 7.01. The maximum atomic E-state index is 5.73. The van der Waals surface area contributed by atoms with Crippen LogP contribution in [0, 0.1) is 0 Å². The van der Waals surface area contributed by atoms with E-state index < -0.39 is 0 Å². The third-order valence-corrected chi connectivity index (χ3v) is 4.29. The summed E-state index contributed by atoms with van der Waals surface area (Å²) in [7, 11) is 1.70. The van der Waals surface area contributed by atoms with Crippen molar-refractivity contribution in [3.8, 4) is 5.75 Å². The van der Waals surface area contributed by atoms with Crippen LogP contribution in [0.1, 0.15) is 32.1 Å². The number of nitrogens with zero attached hydrogens (tertiary/aromatic N) is 1. The zero-order valence-corrected chi connectivity index (χ0v) is 12.2. The summed E-state index contributed by atoms with van der Waals surface area (Å²) < 4.78 is 10.8. The normalized spacial score (nSPS) is 18.8. The van der Waals surface area contributed by atoms with Crippen molar-refractivity contribution in [3.05, 3.63) is 18.2 Å². The molecule has 0 unspecified atom stereocenters. The summed E-state index contributed by atoms with van der Waals surface area (Å²) in [5.74, 6) is 0.935. The van der Waals surface area contributed by atoms with E-state index in [0.29, 0.717) is 19.3 Å². The molecule has 1 fully saturated rings. The van der Waals surface area contributed by atoms with Gasteiger partial charge in [0.05, 0.1) is 24.7 Å². The molecule has 20 heavy (non-hydrogen) atoms. The molecule has 0 saturated heterocycles. The number of hydrogen-bond donors (Lipinski definition) is 1. The predicted molar refractivity (Wildman–Crippen MR) is 81.7 cm³/mol. The lowest BCUT2D eigenvalue weighted by Crippen LogP contribution is -2.36. The van der Waals surface area contributed by atoms with Crippen molar-refractivity contribution in [2.24, 2.45) is 0 Å². The fourth-order valence-electron chi connectivity index (χ4n) is 3.21. The van der Waals surface area contributed by atoms with Gasteiger partial charge in [0.15, 0.2) is 0 Å². The number of ether oxygens (including phenoxy) is 2. The third-order valence-electron chi connectivity index (χ3n) is 4.29. The highest BCUT2D eigenvalue weighted by molar-refractivity contribution is 5.76. The number of nitrogens with one attached hydrogen (secondary N) is 1. The highest BCUT2D eigenvalue weighted by Gasteiger charge is 2.27. The quantitative estimate of drug-likeness (QED) is 0.837. The smallest absolute Gasteiger partial charge is 0.121 e. The van der Waals surface area contributed by atoms with Gasteiger partial charge in [0.2, 0.25) is 0 Å². The first kappa shape index (κ1) is 13.6. The number of benzene rings is 1. The lowest BCUT2D eigenvalue weighted by Gasteiger charge is -2.32. The predicted octanol–water partition coefficient (Wildman–Crippen LogP) is 3.23. The van der Waals surface area contributed by atoms with Crippen molar-refractivity contribution >= 4 is 11.4 Å². The van der Waals surface area contributed by atoms with Crippen LogP contribution in [0.2, 0.25) is 0 Å². The Bertz CT molecular complexity index is 444. The van der Waals surface area contributed by atoms with E-state index in [9.17, 15) is 0 Å². The molecule has 4 nitrogen and oxygen atoms in total. The van der Waals surface area contributed by atoms with Gasteiger partial charge in [-0.3, -0.25) is 0 Å². The van der Waals surface area contributed by atoms with Crippen molar-refractivity contribution in [3.63, 3.8) is 0 Å². The molecule has 110 valence electrons. The minimum atomic E-state index is 0.603. The molecule has 0 amide bonds. The van der Waals surface area contributed by atoms with Crippen LogP contribution in [0.25, 0.3) is 0 Å². The molecule has 0 spiro atoms. The number of anilines is 2. The van der Waals surface area contributed by atoms with E-state index in [1.54, 1.807) is 7.11 Å². The van der Waals surface area contributed by atoms with E-state index in [-0.39, 0.29) is 0 Å². The summed E-state index contributed by atoms with van der Waals surface area (Å²) in [5, 5.41) is 3.49. The van der Waals surface area contributed by atoms with Crippen LogP contribution in [-0.4, -0.2) is 33.0 Å². The van der Waals surface area contributed by atoms with Gasteiger partial charge in [0.25, 0.3) is 0 Å². The van der Waals surface area contributed by atoms with Gasteiger partial charge in [-0.05, 0) is 25.0 Å². The van der Waals surface area contributed by atoms with Crippen LogP contribution in [0.4, 0.5) is 11.4 Å². The molecule has 2 aliphatic rings. The van der Waals surface area contributed by atoms with E-state index in [4.69, 9.17) is 9.47 Å². The molecule has 1 aliphatic carbocycles. The van der Waals surface area contributed by atoms with Gasteiger partial charge < -0.3 is 19.7 Å². The van der Waals surface area contributed by atoms with Crippen molar-refractivity contribution in [1.29, 1.82) is 0 Å². The summed E-state index contributed by atoms with van der Waals surface area (Å²) in [6.07, 6.45) is 6.75. The third kappa shape index (κ3) is 2.85. The molecule has 0 radical (unpaired) electrons. The van der Waals surface area contributed by atoms with E-state index in [2.05, 4.69) is 22.3 Å². The Kier molecular flexibility index (Phi) is 4.31. The fourth-order valence-corrected chi connectivity index (χ4v) is 3.21. The number of fused-ring (bicyclic) bond motifs is 1. The molecule has 0 aromatic heterocycles. The molecule has 0 atom stereocenters. The zero-order chi connectivity index (χ0) is 13.8. The SMILES string of the molecule is COCCOc1ccc2c(c1)N(C1CCCCC1)CN2. The van der Waals surface area contributed by atoms with Crippen LogP contribution >= 0.6 is 0 Å². The molecular weight excluding hydrogens is 252 g/mol. The minimum absolute atomic E-state index is 0.603. The maximum absolute atomic E-state index is 5.73. The fraction of sp³-hybridized carbons (Fsp3) is 0.625. The zero-order valence-electron chi connectivity index (χ0n) is 12.2. The first-order valence-corrected chi connectivity index (χ1v) is 7.65. The molecule has 1 heterocycles. The molecule has 1 aromatic rings. The van der Waals surface area contributed by atoms with E-state index in [1.807, 2.05) is 6.07 Å². The maximum Gasteiger partial charge on any atom is 0.121 e. The minimum Gasteiger partial charge on any atom is -0.491 e. The van der Waals surface area contributed by atoms with Crippen molar-refractivity contribution in [1.82, 2.24) is 0 Å². The van der Waals surface area contributed by atoms with E-state index in [1.165, 1.54) is 43.5 Å². The average molecular weight is 276 g/mol. The second-order valence-corrected chi connectivity index (χ2v) is 5.62. The van der Waals surface area contributed by atoms with Gasteiger partial charge in [0, 0.05) is 19.2 Å². The van der Waals surface area contributed by atoms with Gasteiger partial charge in [-0.1, -0.05) is 19.3 Å². The van der Waals surface area contributed by atoms with Crippen LogP contribution in [-0.2, 0) is 4.74 Å². The molecule has 1 N–H and O–H groups in total. The molecule has 1 aromatic carbocycles. The first-order valence-electron chi connectivity index (χ1n) is 7.65.